The van der Waals surface area contributed by atoms with Crippen molar-refractivity contribution in [3.63, 3.8) is 0 Å². The second kappa shape index (κ2) is 8.51. The summed E-state index contributed by atoms with van der Waals surface area (Å²) in [5, 5.41) is 2.83. The fraction of sp³-hybridized carbons (Fsp3) is 0.190. The van der Waals surface area contributed by atoms with Gasteiger partial charge in [0.05, 0.1) is 33.6 Å². The lowest BCUT2D eigenvalue weighted by Gasteiger charge is -2.16. The number of aromatic nitrogens is 2. The number of anilines is 1. The van der Waals surface area contributed by atoms with E-state index in [0.29, 0.717) is 24.6 Å². The van der Waals surface area contributed by atoms with E-state index in [2.05, 4.69) is 15.3 Å². The SMILES string of the molecule is O=C(Nc1cnc(-c2ccccc2)nc1)c1cc(S(=O)(=O)N2CCCC2)ccc1Cl. The van der Waals surface area contributed by atoms with Gasteiger partial charge in [-0.15, -0.1) is 0 Å². The van der Waals surface area contributed by atoms with Crippen LogP contribution < -0.4 is 5.32 Å². The van der Waals surface area contributed by atoms with Gasteiger partial charge in [-0.3, -0.25) is 4.79 Å². The van der Waals surface area contributed by atoms with E-state index in [1.54, 1.807) is 0 Å². The lowest BCUT2D eigenvalue weighted by atomic mass is 10.2. The van der Waals surface area contributed by atoms with E-state index in [0.717, 1.165) is 18.4 Å². The number of amides is 1. The van der Waals surface area contributed by atoms with Gasteiger partial charge in [0.25, 0.3) is 5.91 Å². The predicted octanol–water partition coefficient (Wildman–Crippen LogP) is 3.83. The Bertz CT molecular complexity index is 1160. The van der Waals surface area contributed by atoms with Crippen molar-refractivity contribution in [1.29, 1.82) is 0 Å². The average molecular weight is 443 g/mol. The molecule has 7 nitrogen and oxygen atoms in total. The van der Waals surface area contributed by atoms with Gasteiger partial charge < -0.3 is 5.32 Å². The molecular weight excluding hydrogens is 424 g/mol. The molecule has 3 aromatic rings. The summed E-state index contributed by atoms with van der Waals surface area (Å²) in [6, 6.07) is 13.6. The van der Waals surface area contributed by atoms with Gasteiger partial charge >= 0.3 is 0 Å². The Morgan fingerprint density at radius 1 is 1.00 bits per heavy atom. The van der Waals surface area contributed by atoms with E-state index >= 15 is 0 Å². The fourth-order valence-corrected chi connectivity index (χ4v) is 4.99. The largest absolute Gasteiger partial charge is 0.319 e. The minimum atomic E-state index is -3.65. The van der Waals surface area contributed by atoms with Crippen molar-refractivity contribution in [1.82, 2.24) is 14.3 Å². The number of rotatable bonds is 5. The summed E-state index contributed by atoms with van der Waals surface area (Å²) in [5.74, 6) is -0.000122. The maximum atomic E-state index is 12.8. The Kier molecular flexibility index (Phi) is 5.80. The molecule has 4 rings (SSSR count). The zero-order chi connectivity index (χ0) is 21.1. The highest BCUT2D eigenvalue weighted by Crippen LogP contribution is 2.26. The standard InChI is InChI=1S/C21H19ClN4O3S/c22-19-9-8-17(30(28,29)26-10-4-5-11-26)12-18(19)21(27)25-16-13-23-20(24-14-16)15-6-2-1-3-7-15/h1-3,6-9,12-14H,4-5,10-11H2,(H,25,27). The molecule has 0 spiro atoms. The summed E-state index contributed by atoms with van der Waals surface area (Å²) >= 11 is 6.17. The van der Waals surface area contributed by atoms with Crippen LogP contribution in [0.4, 0.5) is 5.69 Å². The molecule has 30 heavy (non-hydrogen) atoms. The van der Waals surface area contributed by atoms with Gasteiger partial charge in [0, 0.05) is 18.7 Å². The first kappa shape index (κ1) is 20.5. The van der Waals surface area contributed by atoms with Gasteiger partial charge in [0.15, 0.2) is 5.82 Å². The molecule has 1 fully saturated rings. The van der Waals surface area contributed by atoms with Crippen LogP contribution in [0.15, 0.2) is 65.8 Å². The quantitative estimate of drug-likeness (QED) is 0.648. The number of carbonyl (C=O) groups excluding carboxylic acids is 1. The molecule has 1 aliphatic heterocycles. The molecule has 1 aromatic heterocycles. The maximum Gasteiger partial charge on any atom is 0.257 e. The van der Waals surface area contributed by atoms with Crippen LogP contribution in [0.2, 0.25) is 5.02 Å². The third kappa shape index (κ3) is 4.21. The Morgan fingerprint density at radius 3 is 2.33 bits per heavy atom. The number of hydrogen-bond donors (Lipinski definition) is 1. The van der Waals surface area contributed by atoms with Crippen LogP contribution in [0.25, 0.3) is 11.4 Å². The summed E-state index contributed by atoms with van der Waals surface area (Å²) in [7, 11) is -3.65. The highest BCUT2D eigenvalue weighted by atomic mass is 35.5. The van der Waals surface area contributed by atoms with E-state index in [-0.39, 0.29) is 15.5 Å². The molecule has 154 valence electrons. The number of halogens is 1. The smallest absolute Gasteiger partial charge is 0.257 e. The molecule has 1 aliphatic rings. The summed E-state index contributed by atoms with van der Waals surface area (Å²) < 4.78 is 27.0. The number of benzene rings is 2. The normalized spacial score (nSPS) is 14.6. The molecule has 1 amide bonds. The Morgan fingerprint density at radius 2 is 1.67 bits per heavy atom. The Labute approximate surface area is 179 Å². The molecule has 1 N–H and O–H groups in total. The first-order valence-corrected chi connectivity index (χ1v) is 11.3. The monoisotopic (exact) mass is 442 g/mol. The van der Waals surface area contributed by atoms with Gasteiger partial charge in [-0.2, -0.15) is 4.31 Å². The molecular formula is C21H19ClN4O3S. The van der Waals surface area contributed by atoms with E-state index in [1.165, 1.54) is 34.9 Å². The van der Waals surface area contributed by atoms with Crippen molar-refractivity contribution >= 4 is 33.2 Å². The molecule has 2 aromatic carbocycles. The van der Waals surface area contributed by atoms with Crippen molar-refractivity contribution < 1.29 is 13.2 Å². The van der Waals surface area contributed by atoms with Gasteiger partial charge in [0.1, 0.15) is 0 Å². The van der Waals surface area contributed by atoms with Crippen LogP contribution in [0.3, 0.4) is 0 Å². The van der Waals surface area contributed by atoms with Crippen LogP contribution in [0.5, 0.6) is 0 Å². The topological polar surface area (TPSA) is 92.3 Å². The van der Waals surface area contributed by atoms with Crippen LogP contribution in [0, 0.1) is 0 Å². The van der Waals surface area contributed by atoms with Gasteiger partial charge in [-0.1, -0.05) is 41.9 Å². The molecule has 2 heterocycles. The van der Waals surface area contributed by atoms with E-state index in [9.17, 15) is 13.2 Å². The van der Waals surface area contributed by atoms with Crippen LogP contribution >= 0.6 is 11.6 Å². The van der Waals surface area contributed by atoms with E-state index in [1.807, 2.05) is 30.3 Å². The third-order valence-electron chi connectivity index (χ3n) is 4.83. The zero-order valence-electron chi connectivity index (χ0n) is 16.0. The summed E-state index contributed by atoms with van der Waals surface area (Å²) in [4.78, 5) is 21.3. The summed E-state index contributed by atoms with van der Waals surface area (Å²) in [6.45, 7) is 0.967. The number of nitrogens with one attached hydrogen (secondary N) is 1. The number of nitrogens with zero attached hydrogens (tertiary/aromatic N) is 3. The van der Waals surface area contributed by atoms with Gasteiger partial charge in [-0.25, -0.2) is 18.4 Å². The average Bonchev–Trinajstić information content (AvgIpc) is 3.31. The van der Waals surface area contributed by atoms with Crippen molar-refractivity contribution in [3.05, 3.63) is 71.5 Å². The highest BCUT2D eigenvalue weighted by molar-refractivity contribution is 7.89. The lowest BCUT2D eigenvalue weighted by molar-refractivity contribution is 0.102. The Balaban J connectivity index is 1.55. The molecule has 1 saturated heterocycles. The second-order valence-corrected chi connectivity index (χ2v) is 9.21. The maximum absolute atomic E-state index is 12.8. The number of sulfonamides is 1. The van der Waals surface area contributed by atoms with Gasteiger partial charge in [0.2, 0.25) is 10.0 Å². The number of hydrogen-bond acceptors (Lipinski definition) is 5. The molecule has 0 aliphatic carbocycles. The van der Waals surface area contributed by atoms with Crippen molar-refractivity contribution in [2.45, 2.75) is 17.7 Å². The Hall–Kier alpha value is -2.81. The molecule has 0 atom stereocenters. The van der Waals surface area contributed by atoms with Crippen molar-refractivity contribution in [2.75, 3.05) is 18.4 Å². The second-order valence-electron chi connectivity index (χ2n) is 6.87. The molecule has 9 heteroatoms. The first-order valence-electron chi connectivity index (χ1n) is 9.44. The number of carbonyl (C=O) groups is 1. The van der Waals surface area contributed by atoms with E-state index in [4.69, 9.17) is 11.6 Å². The zero-order valence-corrected chi connectivity index (χ0v) is 17.5. The summed E-state index contributed by atoms with van der Waals surface area (Å²) in [5.41, 5.74) is 1.31. The summed E-state index contributed by atoms with van der Waals surface area (Å²) in [6.07, 6.45) is 4.65. The molecule has 0 saturated carbocycles. The molecule has 0 unspecified atom stereocenters. The van der Waals surface area contributed by atoms with Gasteiger partial charge in [-0.05, 0) is 31.0 Å². The molecule has 0 bridgehead atoms. The van der Waals surface area contributed by atoms with E-state index < -0.39 is 15.9 Å². The first-order chi connectivity index (χ1) is 14.4. The minimum absolute atomic E-state index is 0.0506. The fourth-order valence-electron chi connectivity index (χ4n) is 3.24. The lowest BCUT2D eigenvalue weighted by Crippen LogP contribution is -2.28. The highest BCUT2D eigenvalue weighted by Gasteiger charge is 2.28. The van der Waals surface area contributed by atoms with Crippen molar-refractivity contribution in [2.24, 2.45) is 0 Å². The van der Waals surface area contributed by atoms with Crippen molar-refractivity contribution in [3.8, 4) is 11.4 Å². The van der Waals surface area contributed by atoms with Crippen LogP contribution in [0.1, 0.15) is 23.2 Å². The third-order valence-corrected chi connectivity index (χ3v) is 7.05. The van der Waals surface area contributed by atoms with Crippen LogP contribution in [-0.4, -0.2) is 41.7 Å². The minimum Gasteiger partial charge on any atom is -0.319 e. The van der Waals surface area contributed by atoms with Crippen LogP contribution in [-0.2, 0) is 10.0 Å². The molecule has 0 radical (unpaired) electrons. The predicted molar refractivity (Wildman–Crippen MR) is 115 cm³/mol.